The summed E-state index contributed by atoms with van der Waals surface area (Å²) in [6.45, 7) is 5.31. The highest BCUT2D eigenvalue weighted by Gasteiger charge is 2.44. The van der Waals surface area contributed by atoms with E-state index in [0.29, 0.717) is 22.4 Å². The number of benzene rings is 3. The number of hydrogen-bond acceptors (Lipinski definition) is 7. The van der Waals surface area contributed by atoms with Gasteiger partial charge in [-0.25, -0.2) is 8.78 Å². The van der Waals surface area contributed by atoms with Crippen LogP contribution < -0.4 is 20.5 Å². The number of fused-ring (bicyclic) bond motifs is 1. The van der Waals surface area contributed by atoms with E-state index >= 15 is 4.39 Å². The molecule has 0 spiro atoms. The van der Waals surface area contributed by atoms with Gasteiger partial charge in [0.1, 0.15) is 17.7 Å². The van der Waals surface area contributed by atoms with Crippen molar-refractivity contribution >= 4 is 35.2 Å². The van der Waals surface area contributed by atoms with Crippen molar-refractivity contribution in [3.8, 4) is 22.6 Å². The molecule has 1 saturated heterocycles. The zero-order valence-corrected chi connectivity index (χ0v) is 31.8. The highest BCUT2D eigenvalue weighted by atomic mass is 35.5. The lowest BCUT2D eigenvalue weighted by Gasteiger charge is -2.38. The highest BCUT2D eigenvalue weighted by molar-refractivity contribution is 7.78. The molecular weight excluding hydrogens is 696 g/mol. The lowest BCUT2D eigenvalue weighted by Crippen LogP contribution is -2.57. The van der Waals surface area contributed by atoms with Crippen LogP contribution in [-0.4, -0.2) is 69.6 Å². The molecule has 3 aromatic carbocycles. The van der Waals surface area contributed by atoms with E-state index in [2.05, 4.69) is 23.3 Å². The van der Waals surface area contributed by atoms with Crippen LogP contribution in [0.1, 0.15) is 74.2 Å². The number of nitrogens with one attached hydrogen (secondary N) is 1. The number of hydrogen-bond donors (Lipinski definition) is 2. The van der Waals surface area contributed by atoms with E-state index in [1.807, 2.05) is 49.2 Å². The number of likely N-dealkylation sites (tertiary alicyclic amines) is 1. The Morgan fingerprint density at radius 3 is 2.33 bits per heavy atom. The molecule has 2 fully saturated rings. The zero-order chi connectivity index (χ0) is 37.3. The third kappa shape index (κ3) is 8.66. The molecule has 3 aliphatic rings. The molecule has 0 radical (unpaired) electrons. The van der Waals surface area contributed by atoms with Gasteiger partial charge in [0.25, 0.3) is 0 Å². The summed E-state index contributed by atoms with van der Waals surface area (Å²) < 4.78 is 51.7. The number of rotatable bonds is 8. The van der Waals surface area contributed by atoms with Crippen LogP contribution in [-0.2, 0) is 14.3 Å². The number of amides is 1. The van der Waals surface area contributed by atoms with Crippen LogP contribution in [0, 0.1) is 24.5 Å². The van der Waals surface area contributed by atoms with E-state index in [1.54, 1.807) is 33.3 Å². The van der Waals surface area contributed by atoms with Gasteiger partial charge in [0.15, 0.2) is 17.9 Å². The summed E-state index contributed by atoms with van der Waals surface area (Å²) in [6, 6.07) is 14.3. The fraction of sp³-hybridized carbons (Fsp3) is 0.487. The fourth-order valence-electron chi connectivity index (χ4n) is 7.62. The first-order chi connectivity index (χ1) is 24.5. The third-order valence-corrected chi connectivity index (χ3v) is 10.6. The average molecular weight is 746 g/mol. The van der Waals surface area contributed by atoms with Gasteiger partial charge in [0, 0.05) is 61.9 Å². The highest BCUT2D eigenvalue weighted by Crippen LogP contribution is 2.53. The lowest BCUT2D eigenvalue weighted by atomic mass is 9.80. The van der Waals surface area contributed by atoms with Crippen molar-refractivity contribution in [2.75, 3.05) is 41.5 Å². The Morgan fingerprint density at radius 2 is 1.75 bits per heavy atom. The van der Waals surface area contributed by atoms with Gasteiger partial charge in [0.05, 0.1) is 23.2 Å². The molecule has 6 rings (SSSR count). The Hall–Kier alpha value is -3.35. The standard InChI is InChI=1S/C23H19ClF2O2.C15H28N2O3.CH3NS/c1-12-9-10-16(27-3)22(26)18(12)20-19-13(2)23(14-7-5-4-6-8-14)28-17(19)11-15(25)21(20)24;1-16-15(8-5-4-6-9-15)14(18)17-10-7-12(11-17)13(19-2)20-3;2-1-3/h4-11,13,23H,1-3H3;12-13,16H,4-11H2,1-3H3;1H,(H2,2,3)/t13-,23?;;/m0../s1. The predicted molar refractivity (Wildman–Crippen MR) is 202 cm³/mol. The summed E-state index contributed by atoms with van der Waals surface area (Å²) in [7, 11) is 6.64. The van der Waals surface area contributed by atoms with Crippen LogP contribution in [0.2, 0.25) is 5.02 Å². The molecule has 1 aliphatic carbocycles. The Morgan fingerprint density at radius 1 is 1.10 bits per heavy atom. The number of aryl methyl sites for hydroxylation is 1. The van der Waals surface area contributed by atoms with E-state index in [4.69, 9.17) is 30.5 Å². The van der Waals surface area contributed by atoms with Gasteiger partial charge in [-0.3, -0.25) is 4.79 Å². The smallest absolute Gasteiger partial charge is 0.242 e. The topological polar surface area (TPSA) is 95.3 Å². The number of ether oxygens (including phenoxy) is 4. The second-order valence-electron chi connectivity index (χ2n) is 13.1. The minimum absolute atomic E-state index is 0.0841. The first-order valence-electron chi connectivity index (χ1n) is 17.3. The maximum Gasteiger partial charge on any atom is 0.242 e. The minimum Gasteiger partial charge on any atom is -0.494 e. The monoisotopic (exact) mass is 745 g/mol. The van der Waals surface area contributed by atoms with Gasteiger partial charge >= 0.3 is 0 Å². The number of likely N-dealkylation sites (N-methyl/N-ethyl adjacent to an activating group) is 1. The second-order valence-corrected chi connectivity index (χ2v) is 13.8. The van der Waals surface area contributed by atoms with E-state index in [9.17, 15) is 9.18 Å². The molecule has 1 saturated carbocycles. The molecule has 0 bridgehead atoms. The Labute approximate surface area is 310 Å². The van der Waals surface area contributed by atoms with Gasteiger partial charge in [0.2, 0.25) is 5.91 Å². The number of thiocarbonyl (C=S) groups is 1. The molecule has 3 atom stereocenters. The molecule has 0 aromatic heterocycles. The van der Waals surface area contributed by atoms with Crippen LogP contribution >= 0.6 is 23.8 Å². The first-order valence-corrected chi connectivity index (χ1v) is 18.1. The summed E-state index contributed by atoms with van der Waals surface area (Å²) in [6.07, 6.45) is 5.90. The lowest BCUT2D eigenvalue weighted by molar-refractivity contribution is -0.144. The Balaban J connectivity index is 0.000000223. The van der Waals surface area contributed by atoms with Gasteiger partial charge in [-0.15, -0.1) is 0 Å². The van der Waals surface area contributed by atoms with E-state index in [1.165, 1.54) is 19.6 Å². The van der Waals surface area contributed by atoms with E-state index in [-0.39, 0.29) is 52.0 Å². The van der Waals surface area contributed by atoms with Gasteiger partial charge < -0.3 is 34.9 Å². The van der Waals surface area contributed by atoms with Crippen molar-refractivity contribution in [1.29, 1.82) is 0 Å². The van der Waals surface area contributed by atoms with Crippen LogP contribution in [0.3, 0.4) is 0 Å². The van der Waals surface area contributed by atoms with Crippen LogP contribution in [0.5, 0.6) is 11.5 Å². The second kappa shape index (κ2) is 18.4. The van der Waals surface area contributed by atoms with Gasteiger partial charge in [-0.05, 0) is 50.4 Å². The molecule has 8 nitrogen and oxygen atoms in total. The van der Waals surface area contributed by atoms with E-state index < -0.39 is 11.6 Å². The SMILES string of the molecule is CNC1(C(=O)N2CCC(C(OC)OC)C2)CCCCC1.COc1ccc(C)c(-c2c(Cl)c(F)cc3c2[C@H](C)C(c2ccccc2)O3)c1F.NC=S. The Kier molecular flexibility index (Phi) is 14.6. The zero-order valence-electron chi connectivity index (χ0n) is 30.3. The molecule has 51 heavy (non-hydrogen) atoms. The predicted octanol–water partition coefficient (Wildman–Crippen LogP) is 8.12. The molecule has 1 amide bonds. The molecule has 3 N–H and O–H groups in total. The maximum atomic E-state index is 15.2. The third-order valence-electron chi connectivity index (χ3n) is 10.3. The van der Waals surface area contributed by atoms with Crippen LogP contribution in [0.15, 0.2) is 48.5 Å². The Bertz CT molecular complexity index is 1640. The fourth-order valence-corrected chi connectivity index (χ4v) is 7.87. The average Bonchev–Trinajstić information content (AvgIpc) is 3.76. The molecule has 2 heterocycles. The van der Waals surface area contributed by atoms with Crippen molar-refractivity contribution in [3.05, 3.63) is 81.9 Å². The largest absolute Gasteiger partial charge is 0.494 e. The van der Waals surface area contributed by atoms with Crippen LogP contribution in [0.4, 0.5) is 8.78 Å². The van der Waals surface area contributed by atoms with Gasteiger partial charge in [-0.2, -0.15) is 0 Å². The molecule has 3 aromatic rings. The summed E-state index contributed by atoms with van der Waals surface area (Å²) in [5.41, 5.74) is 8.18. The molecule has 278 valence electrons. The summed E-state index contributed by atoms with van der Waals surface area (Å²) in [5.74, 6) is -0.318. The van der Waals surface area contributed by atoms with Crippen molar-refractivity contribution in [2.24, 2.45) is 11.7 Å². The maximum absolute atomic E-state index is 15.2. The number of carbonyl (C=O) groups excluding carboxylic acids is 1. The molecule has 2 unspecified atom stereocenters. The van der Waals surface area contributed by atoms with Crippen molar-refractivity contribution in [1.82, 2.24) is 10.2 Å². The van der Waals surface area contributed by atoms with Crippen molar-refractivity contribution in [2.45, 2.75) is 76.2 Å². The van der Waals surface area contributed by atoms with Crippen LogP contribution in [0.25, 0.3) is 11.1 Å². The number of nitrogens with two attached hydrogens (primary N) is 1. The summed E-state index contributed by atoms with van der Waals surface area (Å²) in [4.78, 5) is 14.9. The number of carbonyl (C=O) groups is 1. The molecule has 2 aliphatic heterocycles. The summed E-state index contributed by atoms with van der Waals surface area (Å²) >= 11 is 10.4. The number of halogens is 3. The normalized spacial score (nSPS) is 20.4. The van der Waals surface area contributed by atoms with E-state index in [0.717, 1.165) is 56.2 Å². The van der Waals surface area contributed by atoms with Gasteiger partial charge in [-0.1, -0.05) is 86.4 Å². The molecular formula is C39H50ClF2N3O5S. The number of methoxy groups -OCH3 is 3. The quantitative estimate of drug-likeness (QED) is 0.177. The molecule has 12 heteroatoms. The summed E-state index contributed by atoms with van der Waals surface area (Å²) in [5, 5.41) is 3.20. The minimum atomic E-state index is -0.641. The number of nitrogens with zero attached hydrogens (tertiary/aromatic N) is 1. The first kappa shape index (κ1) is 40.4. The van der Waals surface area contributed by atoms with Crippen molar-refractivity contribution < 1.29 is 32.5 Å². The van der Waals surface area contributed by atoms with Crippen molar-refractivity contribution in [3.63, 3.8) is 0 Å².